The molecule has 140 valence electrons. The number of alkyl halides is 3. The minimum absolute atomic E-state index is 0.0565. The number of hydrogen-bond donors (Lipinski definition) is 1. The molecule has 2 unspecified atom stereocenters. The van der Waals surface area contributed by atoms with Crippen molar-refractivity contribution in [3.8, 4) is 0 Å². The van der Waals surface area contributed by atoms with Gasteiger partial charge in [0.15, 0.2) is 0 Å². The lowest BCUT2D eigenvalue weighted by Crippen LogP contribution is -2.55. The monoisotopic (exact) mass is 381 g/mol. The molecule has 0 radical (unpaired) electrons. The third kappa shape index (κ3) is 2.24. The molecule has 1 aromatic rings. The molecule has 2 bridgehead atoms. The summed E-state index contributed by atoms with van der Waals surface area (Å²) in [5.41, 5.74) is 1.16. The van der Waals surface area contributed by atoms with Gasteiger partial charge in [0.25, 0.3) is 12.3 Å². The van der Waals surface area contributed by atoms with Crippen LogP contribution in [0.5, 0.6) is 0 Å². The number of allylic oxidation sites excluding steroid dienone is 3. The zero-order valence-electron chi connectivity index (χ0n) is 15.0. The van der Waals surface area contributed by atoms with Gasteiger partial charge >= 0.3 is 0 Å². The highest BCUT2D eigenvalue weighted by Crippen LogP contribution is 2.64. The van der Waals surface area contributed by atoms with Gasteiger partial charge in [-0.15, -0.1) is 11.6 Å². The number of rotatable bonds is 3. The zero-order chi connectivity index (χ0) is 18.9. The number of halogens is 3. The largest absolute Gasteiger partial charge is 0.342 e. The number of hydrogen-bond acceptors (Lipinski definition) is 2. The van der Waals surface area contributed by atoms with Gasteiger partial charge in [-0.2, -0.15) is 5.10 Å². The predicted molar refractivity (Wildman–Crippen MR) is 95.3 cm³/mol. The number of carbonyl (C=O) groups excluding carboxylic acids is 1. The first kappa shape index (κ1) is 17.7. The van der Waals surface area contributed by atoms with E-state index in [4.69, 9.17) is 11.6 Å². The summed E-state index contributed by atoms with van der Waals surface area (Å²) in [6.45, 7) is 4.30. The Hall–Kier alpha value is -1.69. The first-order valence-electron chi connectivity index (χ1n) is 8.87. The van der Waals surface area contributed by atoms with Crippen molar-refractivity contribution in [2.24, 2.45) is 18.4 Å². The molecule has 1 N–H and O–H groups in total. The van der Waals surface area contributed by atoms with Crippen molar-refractivity contribution in [3.63, 3.8) is 0 Å². The maximum Gasteiger partial charge on any atom is 0.282 e. The standard InChI is InChI=1S/C19H22ClF2N3O/c1-18(2)13-6-7-19(18,14-8-10(20)4-5-11(13)14)23-17(26)12-9-25(3)24-15(12)16(21)22/h4-5,9-10,13,16H,6-8H2,1-3H3,(H,23,26)/t10-,13?,19?/m1/s1. The number of carbonyl (C=O) groups is 1. The van der Waals surface area contributed by atoms with Gasteiger partial charge in [-0.05, 0) is 41.7 Å². The number of fused-ring (bicyclic) bond motifs is 4. The fourth-order valence-electron chi connectivity index (χ4n) is 5.26. The molecule has 1 amide bonds. The van der Waals surface area contributed by atoms with E-state index < -0.39 is 23.6 Å². The van der Waals surface area contributed by atoms with Crippen LogP contribution in [0.15, 0.2) is 29.5 Å². The Morgan fingerprint density at radius 1 is 1.46 bits per heavy atom. The number of nitrogens with one attached hydrogen (secondary N) is 1. The van der Waals surface area contributed by atoms with E-state index in [1.807, 2.05) is 6.08 Å². The van der Waals surface area contributed by atoms with Gasteiger partial charge in [-0.25, -0.2) is 8.78 Å². The SMILES string of the molecule is Cn1cc(C(=O)NC23CCC(C4=C2C[C@H](Cl)C=C4)C3(C)C)c(C(F)F)n1. The number of amides is 1. The van der Waals surface area contributed by atoms with Crippen LogP contribution < -0.4 is 5.32 Å². The molecular weight excluding hydrogens is 360 g/mol. The van der Waals surface area contributed by atoms with Gasteiger partial charge in [0.1, 0.15) is 5.69 Å². The minimum atomic E-state index is -2.79. The summed E-state index contributed by atoms with van der Waals surface area (Å²) in [7, 11) is 1.54. The van der Waals surface area contributed by atoms with Crippen LogP contribution in [-0.4, -0.2) is 26.6 Å². The summed E-state index contributed by atoms with van der Waals surface area (Å²) in [6, 6.07) is 0. The van der Waals surface area contributed by atoms with E-state index in [-0.39, 0.29) is 16.4 Å². The molecule has 7 heteroatoms. The van der Waals surface area contributed by atoms with E-state index in [0.717, 1.165) is 18.4 Å². The van der Waals surface area contributed by atoms with Gasteiger partial charge in [0.05, 0.1) is 16.5 Å². The Bertz CT molecular complexity index is 842. The Kier molecular flexibility index (Phi) is 3.85. The van der Waals surface area contributed by atoms with Gasteiger partial charge in [-0.3, -0.25) is 9.48 Å². The summed E-state index contributed by atoms with van der Waals surface area (Å²) in [5.74, 6) is -0.141. The predicted octanol–water partition coefficient (Wildman–Crippen LogP) is 4.14. The van der Waals surface area contributed by atoms with Crippen LogP contribution in [0.2, 0.25) is 0 Å². The average Bonchev–Trinajstić information content (AvgIpc) is 3.12. The lowest BCUT2D eigenvalue weighted by atomic mass is 9.71. The van der Waals surface area contributed by atoms with Crippen molar-refractivity contribution >= 4 is 17.5 Å². The molecule has 4 nitrogen and oxygen atoms in total. The highest BCUT2D eigenvalue weighted by molar-refractivity contribution is 6.22. The average molecular weight is 382 g/mol. The molecule has 1 saturated carbocycles. The van der Waals surface area contributed by atoms with E-state index in [9.17, 15) is 13.6 Å². The number of nitrogens with zero attached hydrogens (tertiary/aromatic N) is 2. The van der Waals surface area contributed by atoms with Crippen LogP contribution in [0.3, 0.4) is 0 Å². The normalized spacial score (nSPS) is 31.7. The molecule has 1 fully saturated rings. The lowest BCUT2D eigenvalue weighted by Gasteiger charge is -2.42. The van der Waals surface area contributed by atoms with Crippen molar-refractivity contribution in [1.82, 2.24) is 15.1 Å². The van der Waals surface area contributed by atoms with E-state index >= 15 is 0 Å². The van der Waals surface area contributed by atoms with Crippen LogP contribution in [-0.2, 0) is 7.05 Å². The van der Waals surface area contributed by atoms with E-state index in [0.29, 0.717) is 12.3 Å². The molecule has 3 aliphatic rings. The number of aromatic nitrogens is 2. The van der Waals surface area contributed by atoms with Crippen LogP contribution in [0.1, 0.15) is 55.6 Å². The fraction of sp³-hybridized carbons (Fsp3) is 0.579. The van der Waals surface area contributed by atoms with Crippen LogP contribution >= 0.6 is 11.6 Å². The minimum Gasteiger partial charge on any atom is -0.342 e. The van der Waals surface area contributed by atoms with E-state index in [2.05, 4.69) is 30.3 Å². The molecule has 1 heterocycles. The summed E-state index contributed by atoms with van der Waals surface area (Å²) >= 11 is 6.35. The number of aryl methyl sites for hydroxylation is 1. The first-order chi connectivity index (χ1) is 12.2. The molecular formula is C19H22ClF2N3O. The van der Waals surface area contributed by atoms with Crippen molar-refractivity contribution < 1.29 is 13.6 Å². The molecule has 0 aromatic carbocycles. The molecule has 4 rings (SSSR count). The van der Waals surface area contributed by atoms with E-state index in [1.54, 1.807) is 0 Å². The topological polar surface area (TPSA) is 46.9 Å². The molecule has 0 aliphatic heterocycles. The fourth-order valence-corrected chi connectivity index (χ4v) is 5.49. The van der Waals surface area contributed by atoms with Crippen molar-refractivity contribution in [3.05, 3.63) is 40.8 Å². The highest BCUT2D eigenvalue weighted by Gasteiger charge is 2.63. The lowest BCUT2D eigenvalue weighted by molar-refractivity contribution is 0.0833. The summed E-state index contributed by atoms with van der Waals surface area (Å²) in [5, 5.41) is 6.79. The second kappa shape index (κ2) is 5.65. The second-order valence-electron chi connectivity index (χ2n) is 8.09. The zero-order valence-corrected chi connectivity index (χ0v) is 15.8. The van der Waals surface area contributed by atoms with Gasteiger partial charge < -0.3 is 5.32 Å². The molecule has 3 atom stereocenters. The summed E-state index contributed by atoms with van der Waals surface area (Å²) in [6.07, 6.45) is 5.12. The summed E-state index contributed by atoms with van der Waals surface area (Å²) in [4.78, 5) is 13.0. The van der Waals surface area contributed by atoms with Crippen LogP contribution in [0.4, 0.5) is 8.78 Å². The summed E-state index contributed by atoms with van der Waals surface area (Å²) < 4.78 is 27.8. The molecule has 3 aliphatic carbocycles. The Labute approximate surface area is 156 Å². The smallest absolute Gasteiger partial charge is 0.282 e. The third-order valence-electron chi connectivity index (χ3n) is 6.54. The molecule has 1 aromatic heterocycles. The first-order valence-corrected chi connectivity index (χ1v) is 9.31. The molecule has 0 spiro atoms. The Morgan fingerprint density at radius 2 is 2.19 bits per heavy atom. The molecule has 26 heavy (non-hydrogen) atoms. The van der Waals surface area contributed by atoms with Crippen molar-refractivity contribution in [2.45, 2.75) is 50.5 Å². The Balaban J connectivity index is 1.74. The van der Waals surface area contributed by atoms with Crippen LogP contribution in [0, 0.1) is 11.3 Å². The van der Waals surface area contributed by atoms with Gasteiger partial charge in [0.2, 0.25) is 0 Å². The van der Waals surface area contributed by atoms with Crippen molar-refractivity contribution in [2.75, 3.05) is 0 Å². The molecule has 0 saturated heterocycles. The quantitative estimate of drug-likeness (QED) is 0.800. The third-order valence-corrected chi connectivity index (χ3v) is 6.84. The van der Waals surface area contributed by atoms with E-state index in [1.165, 1.54) is 23.5 Å². The van der Waals surface area contributed by atoms with Crippen LogP contribution in [0.25, 0.3) is 0 Å². The Morgan fingerprint density at radius 3 is 2.88 bits per heavy atom. The van der Waals surface area contributed by atoms with Gasteiger partial charge in [0, 0.05) is 13.2 Å². The maximum absolute atomic E-state index is 13.3. The second-order valence-corrected chi connectivity index (χ2v) is 8.65. The van der Waals surface area contributed by atoms with Crippen molar-refractivity contribution in [1.29, 1.82) is 0 Å². The highest BCUT2D eigenvalue weighted by atomic mass is 35.5. The van der Waals surface area contributed by atoms with Gasteiger partial charge in [-0.1, -0.05) is 26.0 Å². The maximum atomic E-state index is 13.3.